The Bertz CT molecular complexity index is 520. The molecule has 2 rings (SSSR count). The van der Waals surface area contributed by atoms with E-state index in [1.54, 1.807) is 25.6 Å². The predicted molar refractivity (Wildman–Crippen MR) is 65.0 cm³/mol. The van der Waals surface area contributed by atoms with Gasteiger partial charge in [-0.1, -0.05) is 12.1 Å². The third-order valence-electron chi connectivity index (χ3n) is 2.19. The highest BCUT2D eigenvalue weighted by Gasteiger charge is 2.04. The third-order valence-corrected chi connectivity index (χ3v) is 3.19. The van der Waals surface area contributed by atoms with E-state index in [1.807, 2.05) is 24.3 Å². The van der Waals surface area contributed by atoms with Crippen molar-refractivity contribution < 1.29 is 9.21 Å². The van der Waals surface area contributed by atoms with Crippen LogP contribution in [0.5, 0.6) is 0 Å². The van der Waals surface area contributed by atoms with E-state index < -0.39 is 0 Å². The summed E-state index contributed by atoms with van der Waals surface area (Å²) in [5, 5.41) is 7.68. The molecule has 0 aliphatic carbocycles. The van der Waals surface area contributed by atoms with Gasteiger partial charge in [-0.15, -0.1) is 22.0 Å². The largest absolute Gasteiger partial charge is 0.425 e. The van der Waals surface area contributed by atoms with E-state index in [4.69, 9.17) is 4.42 Å². The van der Waals surface area contributed by atoms with Crippen LogP contribution in [0.4, 0.5) is 0 Å². The van der Waals surface area contributed by atoms with Gasteiger partial charge in [0.1, 0.15) is 0 Å². The fourth-order valence-electron chi connectivity index (χ4n) is 1.33. The lowest BCUT2D eigenvalue weighted by atomic mass is 10.2. The molecule has 0 unspecified atom stereocenters. The summed E-state index contributed by atoms with van der Waals surface area (Å²) in [6.07, 6.45) is 0. The van der Waals surface area contributed by atoms with Crippen LogP contribution in [-0.2, 0) is 5.75 Å². The summed E-state index contributed by atoms with van der Waals surface area (Å²) < 4.78 is 5.27. The third kappa shape index (κ3) is 3.17. The van der Waals surface area contributed by atoms with Crippen LogP contribution in [0, 0.1) is 6.92 Å². The van der Waals surface area contributed by atoms with Crippen molar-refractivity contribution in [2.75, 3.05) is 0 Å². The van der Waals surface area contributed by atoms with Gasteiger partial charge in [0.25, 0.3) is 0 Å². The number of hydrogen-bond donors (Lipinski definition) is 0. The first-order valence-electron chi connectivity index (χ1n) is 5.18. The quantitative estimate of drug-likeness (QED) is 0.615. The van der Waals surface area contributed by atoms with Gasteiger partial charge in [-0.2, -0.15) is 0 Å². The maximum Gasteiger partial charge on any atom is 0.226 e. The lowest BCUT2D eigenvalue weighted by molar-refractivity contribution is 0.101. The fourth-order valence-corrected chi connectivity index (χ4v) is 2.06. The molecule has 88 valence electrons. The zero-order valence-corrected chi connectivity index (χ0v) is 10.5. The van der Waals surface area contributed by atoms with Gasteiger partial charge in [-0.3, -0.25) is 4.79 Å². The van der Waals surface area contributed by atoms with Gasteiger partial charge in [0.2, 0.25) is 11.8 Å². The number of hydrogen-bond acceptors (Lipinski definition) is 5. The molecular weight excluding hydrogens is 236 g/mol. The second-order valence-corrected chi connectivity index (χ2v) is 4.63. The molecular formula is C12H12N2O2S. The molecule has 1 heterocycles. The Kier molecular flexibility index (Phi) is 3.58. The summed E-state index contributed by atoms with van der Waals surface area (Å²) in [6, 6.07) is 7.49. The van der Waals surface area contributed by atoms with E-state index in [2.05, 4.69) is 10.2 Å². The maximum absolute atomic E-state index is 11.1. The number of benzene rings is 1. The Morgan fingerprint density at radius 1 is 1.29 bits per heavy atom. The molecule has 0 saturated heterocycles. The van der Waals surface area contributed by atoms with Crippen molar-refractivity contribution in [2.24, 2.45) is 0 Å². The monoisotopic (exact) mass is 248 g/mol. The van der Waals surface area contributed by atoms with Gasteiger partial charge in [0.15, 0.2) is 5.78 Å². The number of thioether (sulfide) groups is 1. The van der Waals surface area contributed by atoms with Gasteiger partial charge in [0, 0.05) is 17.4 Å². The van der Waals surface area contributed by atoms with Crippen LogP contribution in [0.25, 0.3) is 0 Å². The SMILES string of the molecule is CC(=O)c1ccc(SCc2nnc(C)o2)cc1. The summed E-state index contributed by atoms with van der Waals surface area (Å²) in [4.78, 5) is 12.2. The summed E-state index contributed by atoms with van der Waals surface area (Å²) in [7, 11) is 0. The van der Waals surface area contributed by atoms with Crippen LogP contribution in [0.15, 0.2) is 33.6 Å². The predicted octanol–water partition coefficient (Wildman–Crippen LogP) is 2.87. The molecule has 0 fully saturated rings. The van der Waals surface area contributed by atoms with Crippen LogP contribution in [0.2, 0.25) is 0 Å². The minimum atomic E-state index is 0.0778. The maximum atomic E-state index is 11.1. The zero-order valence-electron chi connectivity index (χ0n) is 9.64. The summed E-state index contributed by atoms with van der Waals surface area (Å²) in [5.41, 5.74) is 0.725. The van der Waals surface area contributed by atoms with E-state index in [0.29, 0.717) is 17.5 Å². The van der Waals surface area contributed by atoms with E-state index in [1.165, 1.54) is 0 Å². The number of aromatic nitrogens is 2. The van der Waals surface area contributed by atoms with Crippen LogP contribution in [0.1, 0.15) is 29.1 Å². The van der Waals surface area contributed by atoms with Crippen LogP contribution in [-0.4, -0.2) is 16.0 Å². The minimum Gasteiger partial charge on any atom is -0.425 e. The molecule has 0 amide bonds. The molecule has 0 N–H and O–H groups in total. The van der Waals surface area contributed by atoms with Crippen LogP contribution in [0.3, 0.4) is 0 Å². The molecule has 0 atom stereocenters. The van der Waals surface area contributed by atoms with E-state index >= 15 is 0 Å². The standard InChI is InChI=1S/C12H12N2O2S/c1-8(15)10-3-5-11(6-4-10)17-7-12-14-13-9(2)16-12/h3-6H,7H2,1-2H3. The smallest absolute Gasteiger partial charge is 0.226 e. The highest BCUT2D eigenvalue weighted by atomic mass is 32.2. The summed E-state index contributed by atoms with van der Waals surface area (Å²) >= 11 is 1.60. The molecule has 0 radical (unpaired) electrons. The molecule has 1 aromatic heterocycles. The topological polar surface area (TPSA) is 56.0 Å². The highest BCUT2D eigenvalue weighted by Crippen LogP contribution is 2.22. The summed E-state index contributed by atoms with van der Waals surface area (Å²) in [5.74, 6) is 1.91. The second kappa shape index (κ2) is 5.14. The Hall–Kier alpha value is -1.62. The van der Waals surface area contributed by atoms with Crippen LogP contribution < -0.4 is 0 Å². The van der Waals surface area contributed by atoms with Gasteiger partial charge in [0.05, 0.1) is 5.75 Å². The lowest BCUT2D eigenvalue weighted by Gasteiger charge is -1.99. The molecule has 4 nitrogen and oxygen atoms in total. The van der Waals surface area contributed by atoms with Gasteiger partial charge in [-0.05, 0) is 19.1 Å². The number of carbonyl (C=O) groups excluding carboxylic acids is 1. The lowest BCUT2D eigenvalue weighted by Crippen LogP contribution is -1.90. The molecule has 0 saturated carbocycles. The Morgan fingerprint density at radius 3 is 2.53 bits per heavy atom. The Morgan fingerprint density at radius 2 is 2.00 bits per heavy atom. The van der Waals surface area contributed by atoms with E-state index in [-0.39, 0.29) is 5.78 Å². The average molecular weight is 248 g/mol. The Balaban J connectivity index is 1.97. The molecule has 0 aliphatic heterocycles. The van der Waals surface area contributed by atoms with Crippen molar-refractivity contribution in [3.05, 3.63) is 41.6 Å². The first-order valence-corrected chi connectivity index (χ1v) is 6.16. The summed E-state index contributed by atoms with van der Waals surface area (Å²) in [6.45, 7) is 3.33. The van der Waals surface area contributed by atoms with Crippen molar-refractivity contribution in [1.29, 1.82) is 0 Å². The Labute approximate surface area is 103 Å². The molecule has 2 aromatic rings. The molecule has 0 aliphatic rings. The van der Waals surface area contributed by atoms with E-state index in [9.17, 15) is 4.79 Å². The second-order valence-electron chi connectivity index (χ2n) is 3.58. The van der Waals surface area contributed by atoms with Crippen molar-refractivity contribution in [1.82, 2.24) is 10.2 Å². The van der Waals surface area contributed by atoms with Crippen molar-refractivity contribution in [3.63, 3.8) is 0 Å². The number of rotatable bonds is 4. The molecule has 1 aromatic carbocycles. The van der Waals surface area contributed by atoms with Gasteiger partial charge in [-0.25, -0.2) is 0 Å². The first kappa shape index (κ1) is 11.9. The number of ketones is 1. The van der Waals surface area contributed by atoms with E-state index in [0.717, 1.165) is 10.5 Å². The fraction of sp³-hybridized carbons (Fsp3) is 0.250. The number of aryl methyl sites for hydroxylation is 1. The molecule has 0 spiro atoms. The highest BCUT2D eigenvalue weighted by molar-refractivity contribution is 7.98. The molecule has 17 heavy (non-hydrogen) atoms. The van der Waals surface area contributed by atoms with Gasteiger partial charge >= 0.3 is 0 Å². The minimum absolute atomic E-state index is 0.0778. The molecule has 0 bridgehead atoms. The van der Waals surface area contributed by atoms with Crippen LogP contribution >= 0.6 is 11.8 Å². The van der Waals surface area contributed by atoms with Gasteiger partial charge < -0.3 is 4.42 Å². The van der Waals surface area contributed by atoms with Crippen molar-refractivity contribution in [3.8, 4) is 0 Å². The zero-order chi connectivity index (χ0) is 12.3. The average Bonchev–Trinajstić information content (AvgIpc) is 2.73. The first-order chi connectivity index (χ1) is 8.15. The molecule has 5 heteroatoms. The van der Waals surface area contributed by atoms with Crippen molar-refractivity contribution in [2.45, 2.75) is 24.5 Å². The normalized spacial score (nSPS) is 10.5. The van der Waals surface area contributed by atoms with Crippen molar-refractivity contribution >= 4 is 17.5 Å². The number of Topliss-reactive ketones (excluding diaryl/α,β-unsaturated/α-hetero) is 1. The number of nitrogens with zero attached hydrogens (tertiary/aromatic N) is 2. The number of carbonyl (C=O) groups is 1.